The molecule has 0 atom stereocenters. The van der Waals surface area contributed by atoms with Crippen molar-refractivity contribution in [1.82, 2.24) is 9.97 Å². The van der Waals surface area contributed by atoms with Crippen LogP contribution in [0.3, 0.4) is 0 Å². The summed E-state index contributed by atoms with van der Waals surface area (Å²) in [7, 11) is 1.39. The zero-order valence-electron chi connectivity index (χ0n) is 10.7. The fourth-order valence-electron chi connectivity index (χ4n) is 1.52. The molecule has 0 fully saturated rings. The van der Waals surface area contributed by atoms with Crippen LogP contribution in [-0.2, 0) is 0 Å². The van der Waals surface area contributed by atoms with Crippen molar-refractivity contribution in [3.05, 3.63) is 51.6 Å². The maximum absolute atomic E-state index is 12.0. The number of rotatable bonds is 4. The Bertz CT molecular complexity index is 690. The van der Waals surface area contributed by atoms with Crippen LogP contribution in [-0.4, -0.2) is 27.9 Å². The van der Waals surface area contributed by atoms with Gasteiger partial charge in [0.1, 0.15) is 16.6 Å². The number of hydrogen-bond donors (Lipinski definition) is 1. The zero-order chi connectivity index (χ0) is 15.4. The third-order valence-corrected chi connectivity index (χ3v) is 2.69. The molecule has 0 spiro atoms. The molecule has 0 radical (unpaired) electrons. The Morgan fingerprint density at radius 1 is 1.38 bits per heavy atom. The molecule has 108 valence electrons. The molecule has 0 aliphatic rings. The number of amides is 1. The van der Waals surface area contributed by atoms with Crippen molar-refractivity contribution in [1.29, 1.82) is 0 Å². The van der Waals surface area contributed by atoms with E-state index in [0.29, 0.717) is 0 Å². The van der Waals surface area contributed by atoms with Crippen LogP contribution in [0, 0.1) is 10.1 Å². The molecule has 0 aliphatic carbocycles. The number of nitrogens with one attached hydrogen (secondary N) is 1. The van der Waals surface area contributed by atoms with E-state index in [-0.39, 0.29) is 28.0 Å². The lowest BCUT2D eigenvalue weighted by atomic mass is 10.2. The quantitative estimate of drug-likeness (QED) is 0.686. The van der Waals surface area contributed by atoms with E-state index >= 15 is 0 Å². The van der Waals surface area contributed by atoms with Gasteiger partial charge in [-0.05, 0) is 6.07 Å². The van der Waals surface area contributed by atoms with Crippen molar-refractivity contribution in [2.75, 3.05) is 12.4 Å². The third kappa shape index (κ3) is 3.42. The van der Waals surface area contributed by atoms with Crippen molar-refractivity contribution in [2.45, 2.75) is 0 Å². The summed E-state index contributed by atoms with van der Waals surface area (Å²) in [5, 5.41) is 13.4. The average molecular weight is 309 g/mol. The largest absolute Gasteiger partial charge is 0.495 e. The second kappa shape index (κ2) is 6.14. The summed E-state index contributed by atoms with van der Waals surface area (Å²) in [4.78, 5) is 29.7. The highest BCUT2D eigenvalue weighted by Crippen LogP contribution is 2.29. The number of ether oxygens (including phenoxy) is 1. The van der Waals surface area contributed by atoms with E-state index in [1.807, 2.05) is 0 Å². The molecular formula is C12H9ClN4O4. The highest BCUT2D eigenvalue weighted by molar-refractivity contribution is 6.29. The maximum Gasteiger partial charge on any atom is 0.275 e. The molecule has 1 amide bonds. The predicted octanol–water partition coefficient (Wildman–Crippen LogP) is 2.30. The molecule has 1 aromatic heterocycles. The van der Waals surface area contributed by atoms with Crippen LogP contribution in [0.2, 0.25) is 5.15 Å². The fourth-order valence-corrected chi connectivity index (χ4v) is 1.62. The molecule has 0 bridgehead atoms. The number of nitrogens with zero attached hydrogens (tertiary/aromatic N) is 3. The normalized spacial score (nSPS) is 10.0. The Hall–Kier alpha value is -2.74. The minimum absolute atomic E-state index is 0.0213. The summed E-state index contributed by atoms with van der Waals surface area (Å²) in [5.41, 5.74) is 0.00898. The number of methoxy groups -OCH3 is 1. The van der Waals surface area contributed by atoms with E-state index < -0.39 is 10.8 Å². The van der Waals surface area contributed by atoms with Gasteiger partial charge in [-0.15, -0.1) is 0 Å². The van der Waals surface area contributed by atoms with Crippen LogP contribution in [0.4, 0.5) is 11.4 Å². The zero-order valence-corrected chi connectivity index (χ0v) is 11.5. The Kier molecular flexibility index (Phi) is 4.29. The van der Waals surface area contributed by atoms with Crippen molar-refractivity contribution >= 4 is 28.9 Å². The van der Waals surface area contributed by atoms with Gasteiger partial charge >= 0.3 is 0 Å². The first-order chi connectivity index (χ1) is 10.0. The van der Waals surface area contributed by atoms with Crippen LogP contribution in [0.1, 0.15) is 10.5 Å². The number of non-ortho nitro benzene ring substituents is 1. The minimum atomic E-state index is -0.585. The van der Waals surface area contributed by atoms with Crippen molar-refractivity contribution < 1.29 is 14.5 Å². The minimum Gasteiger partial charge on any atom is -0.495 e. The summed E-state index contributed by atoms with van der Waals surface area (Å²) < 4.78 is 5.04. The number of halogens is 1. The SMILES string of the molecule is COc1ccc([N+](=O)[O-])cc1NC(=O)c1cnc(Cl)cn1. The molecule has 1 aromatic carbocycles. The van der Waals surface area contributed by atoms with E-state index in [4.69, 9.17) is 16.3 Å². The first-order valence-electron chi connectivity index (χ1n) is 5.62. The molecule has 0 saturated carbocycles. The van der Waals surface area contributed by atoms with Gasteiger partial charge in [-0.1, -0.05) is 11.6 Å². The van der Waals surface area contributed by atoms with E-state index in [0.717, 1.165) is 0 Å². The van der Waals surface area contributed by atoms with Gasteiger partial charge in [0.15, 0.2) is 0 Å². The summed E-state index contributed by atoms with van der Waals surface area (Å²) in [5.74, 6) is -0.297. The first kappa shape index (κ1) is 14.7. The molecule has 1 heterocycles. The van der Waals surface area contributed by atoms with Crippen LogP contribution < -0.4 is 10.1 Å². The van der Waals surface area contributed by atoms with E-state index in [1.165, 1.54) is 37.7 Å². The van der Waals surface area contributed by atoms with Crippen molar-refractivity contribution in [3.63, 3.8) is 0 Å². The summed E-state index contributed by atoms with van der Waals surface area (Å²) in [6.45, 7) is 0. The topological polar surface area (TPSA) is 107 Å². The molecule has 0 unspecified atom stereocenters. The lowest BCUT2D eigenvalue weighted by molar-refractivity contribution is -0.384. The summed E-state index contributed by atoms with van der Waals surface area (Å²) in [6.07, 6.45) is 2.42. The molecule has 2 rings (SSSR count). The van der Waals surface area contributed by atoms with Crippen LogP contribution in [0.15, 0.2) is 30.6 Å². The number of nitro benzene ring substituents is 1. The van der Waals surface area contributed by atoms with Gasteiger partial charge in [0.05, 0.1) is 30.1 Å². The molecule has 21 heavy (non-hydrogen) atoms. The van der Waals surface area contributed by atoms with E-state index in [1.54, 1.807) is 0 Å². The maximum atomic E-state index is 12.0. The van der Waals surface area contributed by atoms with E-state index in [9.17, 15) is 14.9 Å². The van der Waals surface area contributed by atoms with Crippen LogP contribution >= 0.6 is 11.6 Å². The Morgan fingerprint density at radius 3 is 2.71 bits per heavy atom. The van der Waals surface area contributed by atoms with Gasteiger partial charge < -0.3 is 10.1 Å². The van der Waals surface area contributed by atoms with Crippen LogP contribution in [0.5, 0.6) is 5.75 Å². The van der Waals surface area contributed by atoms with Gasteiger partial charge in [-0.3, -0.25) is 14.9 Å². The van der Waals surface area contributed by atoms with E-state index in [2.05, 4.69) is 15.3 Å². The number of carbonyl (C=O) groups excluding carboxylic acids is 1. The number of anilines is 1. The number of nitro groups is 1. The lowest BCUT2D eigenvalue weighted by Gasteiger charge is -2.09. The molecule has 9 heteroatoms. The number of benzene rings is 1. The second-order valence-corrected chi connectivity index (χ2v) is 4.21. The highest BCUT2D eigenvalue weighted by Gasteiger charge is 2.15. The van der Waals surface area contributed by atoms with Gasteiger partial charge in [0.25, 0.3) is 11.6 Å². The lowest BCUT2D eigenvalue weighted by Crippen LogP contribution is -2.14. The first-order valence-corrected chi connectivity index (χ1v) is 6.00. The number of carbonyl (C=O) groups is 1. The Morgan fingerprint density at radius 2 is 2.14 bits per heavy atom. The van der Waals surface area contributed by atoms with Gasteiger partial charge in [0.2, 0.25) is 0 Å². The highest BCUT2D eigenvalue weighted by atomic mass is 35.5. The molecular weight excluding hydrogens is 300 g/mol. The van der Waals surface area contributed by atoms with Gasteiger partial charge in [0, 0.05) is 12.1 Å². The monoisotopic (exact) mass is 308 g/mol. The fraction of sp³-hybridized carbons (Fsp3) is 0.0833. The molecule has 0 saturated heterocycles. The summed E-state index contributed by atoms with van der Waals surface area (Å²) in [6, 6.07) is 3.86. The smallest absolute Gasteiger partial charge is 0.275 e. The van der Waals surface area contributed by atoms with Gasteiger partial charge in [-0.2, -0.15) is 0 Å². The molecule has 2 aromatic rings. The summed E-state index contributed by atoms with van der Waals surface area (Å²) >= 11 is 5.58. The predicted molar refractivity (Wildman–Crippen MR) is 74.6 cm³/mol. The Labute approximate surface area is 123 Å². The molecule has 1 N–H and O–H groups in total. The van der Waals surface area contributed by atoms with Gasteiger partial charge in [-0.25, -0.2) is 9.97 Å². The number of aromatic nitrogens is 2. The van der Waals surface area contributed by atoms with Crippen LogP contribution in [0.25, 0.3) is 0 Å². The second-order valence-electron chi connectivity index (χ2n) is 3.82. The average Bonchev–Trinajstić information content (AvgIpc) is 2.47. The van der Waals surface area contributed by atoms with Crippen molar-refractivity contribution in [3.8, 4) is 5.75 Å². The Balaban J connectivity index is 2.29. The number of hydrogen-bond acceptors (Lipinski definition) is 6. The molecule has 0 aliphatic heterocycles. The van der Waals surface area contributed by atoms with Crippen molar-refractivity contribution in [2.24, 2.45) is 0 Å². The standard InChI is InChI=1S/C12H9ClN4O4/c1-21-10-3-2-7(17(19)20)4-8(10)16-12(18)9-5-15-11(13)6-14-9/h2-6H,1H3,(H,16,18). The molecule has 8 nitrogen and oxygen atoms in total. The third-order valence-electron chi connectivity index (χ3n) is 2.50.